The highest BCUT2D eigenvalue weighted by Crippen LogP contribution is 2.41. The molecule has 0 fully saturated rings. The maximum atomic E-state index is 6.02. The van der Waals surface area contributed by atoms with Crippen LogP contribution in [0.5, 0.6) is 0 Å². The molecule has 0 spiro atoms. The number of rotatable bonds is 2. The Bertz CT molecular complexity index is 909. The minimum Gasteiger partial charge on any atom is -0.380 e. The molecule has 2 aromatic heterocycles. The van der Waals surface area contributed by atoms with Crippen LogP contribution in [0.2, 0.25) is 0 Å². The molecule has 0 saturated carbocycles. The molecule has 0 amide bonds. The fourth-order valence-electron chi connectivity index (χ4n) is 2.52. The van der Waals surface area contributed by atoms with Crippen molar-refractivity contribution in [3.05, 3.63) is 60.0 Å². The van der Waals surface area contributed by atoms with Crippen molar-refractivity contribution < 1.29 is 4.52 Å². The van der Waals surface area contributed by atoms with Gasteiger partial charge in [0.2, 0.25) is 0 Å². The zero-order valence-corrected chi connectivity index (χ0v) is 11.9. The van der Waals surface area contributed by atoms with Gasteiger partial charge in [0.05, 0.1) is 5.56 Å². The number of fused-ring (bicyclic) bond motifs is 1. The van der Waals surface area contributed by atoms with E-state index in [0.717, 1.165) is 27.8 Å². The highest BCUT2D eigenvalue weighted by Gasteiger charge is 2.19. The van der Waals surface area contributed by atoms with E-state index in [1.54, 1.807) is 11.3 Å². The molecule has 4 heteroatoms. The van der Waals surface area contributed by atoms with Gasteiger partial charge in [-0.3, -0.25) is 0 Å². The second-order valence-corrected chi connectivity index (χ2v) is 5.69. The number of thiophene rings is 1. The van der Waals surface area contributed by atoms with E-state index in [1.807, 2.05) is 42.5 Å². The first kappa shape index (κ1) is 12.2. The van der Waals surface area contributed by atoms with Crippen LogP contribution in [0.15, 0.2) is 64.5 Å². The SMILES string of the molecule is Nc1noc(-c2csc3ccccc23)c1-c1ccccc1. The van der Waals surface area contributed by atoms with E-state index in [0.29, 0.717) is 5.82 Å². The number of aromatic nitrogens is 1. The Morgan fingerprint density at radius 3 is 2.57 bits per heavy atom. The van der Waals surface area contributed by atoms with Gasteiger partial charge in [0.25, 0.3) is 0 Å². The minimum atomic E-state index is 0.423. The summed E-state index contributed by atoms with van der Waals surface area (Å²) in [5.74, 6) is 1.16. The highest BCUT2D eigenvalue weighted by molar-refractivity contribution is 7.17. The van der Waals surface area contributed by atoms with Gasteiger partial charge in [0.15, 0.2) is 11.6 Å². The Morgan fingerprint density at radius 1 is 0.952 bits per heavy atom. The quantitative estimate of drug-likeness (QED) is 0.577. The van der Waals surface area contributed by atoms with Gasteiger partial charge in [0.1, 0.15) is 0 Å². The van der Waals surface area contributed by atoms with Crippen LogP contribution >= 0.6 is 11.3 Å². The van der Waals surface area contributed by atoms with E-state index in [1.165, 1.54) is 4.70 Å². The van der Waals surface area contributed by atoms with Crippen molar-refractivity contribution in [3.63, 3.8) is 0 Å². The van der Waals surface area contributed by atoms with Crippen LogP contribution in [-0.2, 0) is 0 Å². The number of nitrogens with two attached hydrogens (primary N) is 1. The smallest absolute Gasteiger partial charge is 0.178 e. The van der Waals surface area contributed by atoms with Crippen LogP contribution in [0.1, 0.15) is 0 Å². The highest BCUT2D eigenvalue weighted by atomic mass is 32.1. The molecule has 3 nitrogen and oxygen atoms in total. The summed E-state index contributed by atoms with van der Waals surface area (Å²) in [5.41, 5.74) is 8.94. The van der Waals surface area contributed by atoms with Crippen molar-refractivity contribution in [2.75, 3.05) is 5.73 Å². The van der Waals surface area contributed by atoms with Crippen molar-refractivity contribution in [1.29, 1.82) is 0 Å². The fraction of sp³-hybridized carbons (Fsp3) is 0. The number of hydrogen-bond acceptors (Lipinski definition) is 4. The average molecular weight is 292 g/mol. The zero-order chi connectivity index (χ0) is 14.2. The van der Waals surface area contributed by atoms with Crippen LogP contribution < -0.4 is 5.73 Å². The normalized spacial score (nSPS) is 11.0. The molecule has 2 heterocycles. The summed E-state index contributed by atoms with van der Waals surface area (Å²) in [4.78, 5) is 0. The fourth-order valence-corrected chi connectivity index (χ4v) is 3.46. The van der Waals surface area contributed by atoms with E-state index in [-0.39, 0.29) is 0 Å². The lowest BCUT2D eigenvalue weighted by Gasteiger charge is -2.01. The largest absolute Gasteiger partial charge is 0.380 e. The molecule has 0 aliphatic heterocycles. The van der Waals surface area contributed by atoms with Crippen LogP contribution in [0.3, 0.4) is 0 Å². The van der Waals surface area contributed by atoms with Gasteiger partial charge >= 0.3 is 0 Å². The lowest BCUT2D eigenvalue weighted by atomic mass is 10.0. The number of anilines is 1. The number of nitrogen functional groups attached to an aromatic ring is 1. The van der Waals surface area contributed by atoms with Gasteiger partial charge in [-0.25, -0.2) is 0 Å². The lowest BCUT2D eigenvalue weighted by molar-refractivity contribution is 0.436. The number of nitrogens with zero attached hydrogens (tertiary/aromatic N) is 1. The Hall–Kier alpha value is -2.59. The van der Waals surface area contributed by atoms with E-state index in [4.69, 9.17) is 10.3 Å². The van der Waals surface area contributed by atoms with E-state index in [2.05, 4.69) is 22.7 Å². The molecule has 0 aliphatic carbocycles. The topological polar surface area (TPSA) is 52.0 Å². The van der Waals surface area contributed by atoms with Crippen LogP contribution in [0.25, 0.3) is 32.5 Å². The van der Waals surface area contributed by atoms with Crippen molar-refractivity contribution in [3.8, 4) is 22.5 Å². The monoisotopic (exact) mass is 292 g/mol. The summed E-state index contributed by atoms with van der Waals surface area (Å²) in [6, 6.07) is 18.2. The molecule has 0 atom stereocenters. The molecule has 4 aromatic rings. The summed E-state index contributed by atoms with van der Waals surface area (Å²) in [7, 11) is 0. The zero-order valence-electron chi connectivity index (χ0n) is 11.1. The Balaban J connectivity index is 1.98. The van der Waals surface area contributed by atoms with Crippen LogP contribution in [-0.4, -0.2) is 5.16 Å². The van der Waals surface area contributed by atoms with Crippen LogP contribution in [0, 0.1) is 0 Å². The van der Waals surface area contributed by atoms with Crippen LogP contribution in [0.4, 0.5) is 5.82 Å². The van der Waals surface area contributed by atoms with Crippen molar-refractivity contribution >= 4 is 27.2 Å². The lowest BCUT2D eigenvalue weighted by Crippen LogP contribution is -1.88. The average Bonchev–Trinajstić information content (AvgIpc) is 3.11. The third kappa shape index (κ3) is 1.92. The summed E-state index contributed by atoms with van der Waals surface area (Å²) < 4.78 is 6.76. The summed E-state index contributed by atoms with van der Waals surface area (Å²) in [6.45, 7) is 0. The number of hydrogen-bond donors (Lipinski definition) is 1. The molecule has 0 unspecified atom stereocenters. The Kier molecular flexibility index (Phi) is 2.75. The molecular formula is C17H12N2OS. The Morgan fingerprint density at radius 2 is 1.71 bits per heavy atom. The van der Waals surface area contributed by atoms with E-state index >= 15 is 0 Å². The first-order valence-corrected chi connectivity index (χ1v) is 7.50. The van der Waals surface area contributed by atoms with Gasteiger partial charge in [0, 0.05) is 21.0 Å². The van der Waals surface area contributed by atoms with Crippen molar-refractivity contribution in [2.45, 2.75) is 0 Å². The first-order chi connectivity index (χ1) is 10.3. The first-order valence-electron chi connectivity index (χ1n) is 6.62. The van der Waals surface area contributed by atoms with Gasteiger partial charge in [-0.1, -0.05) is 53.7 Å². The second kappa shape index (κ2) is 4.75. The molecule has 4 rings (SSSR count). The van der Waals surface area contributed by atoms with E-state index < -0.39 is 0 Å². The standard InChI is InChI=1S/C17H12N2OS/c18-17-15(11-6-2-1-3-7-11)16(20-19-17)13-10-21-14-9-5-4-8-12(13)14/h1-10H,(H2,18,19). The maximum absolute atomic E-state index is 6.02. The predicted octanol–water partition coefficient (Wildman–Crippen LogP) is 4.81. The maximum Gasteiger partial charge on any atom is 0.178 e. The molecule has 0 aliphatic rings. The minimum absolute atomic E-state index is 0.423. The third-order valence-corrected chi connectivity index (χ3v) is 4.47. The van der Waals surface area contributed by atoms with Gasteiger partial charge < -0.3 is 10.3 Å². The molecular weight excluding hydrogens is 280 g/mol. The number of benzene rings is 2. The molecule has 21 heavy (non-hydrogen) atoms. The molecule has 0 radical (unpaired) electrons. The van der Waals surface area contributed by atoms with E-state index in [9.17, 15) is 0 Å². The second-order valence-electron chi connectivity index (χ2n) is 4.78. The summed E-state index contributed by atoms with van der Waals surface area (Å²) in [5, 5.41) is 7.22. The third-order valence-electron chi connectivity index (χ3n) is 3.51. The summed E-state index contributed by atoms with van der Waals surface area (Å²) in [6.07, 6.45) is 0. The van der Waals surface area contributed by atoms with Gasteiger partial charge in [-0.15, -0.1) is 11.3 Å². The molecule has 2 aromatic carbocycles. The molecule has 102 valence electrons. The predicted molar refractivity (Wildman–Crippen MR) is 87.2 cm³/mol. The molecule has 0 saturated heterocycles. The van der Waals surface area contributed by atoms with Gasteiger partial charge in [-0.2, -0.15) is 0 Å². The van der Waals surface area contributed by atoms with Gasteiger partial charge in [-0.05, 0) is 11.6 Å². The summed E-state index contributed by atoms with van der Waals surface area (Å²) >= 11 is 1.69. The van der Waals surface area contributed by atoms with Crippen molar-refractivity contribution in [2.24, 2.45) is 0 Å². The Labute approximate surface area is 125 Å². The molecule has 0 bridgehead atoms. The van der Waals surface area contributed by atoms with Crippen molar-refractivity contribution in [1.82, 2.24) is 5.16 Å². The molecule has 2 N–H and O–H groups in total.